The zero-order valence-electron chi connectivity index (χ0n) is 14.5. The fourth-order valence-electron chi connectivity index (χ4n) is 3.43. The van der Waals surface area contributed by atoms with E-state index in [1.54, 1.807) is 11.3 Å². The number of halogens is 2. The monoisotopic (exact) mass is 457 g/mol. The Hall–Kier alpha value is -1.08. The van der Waals surface area contributed by atoms with E-state index in [9.17, 15) is 9.90 Å². The number of piperidine rings is 1. The summed E-state index contributed by atoms with van der Waals surface area (Å²) in [6.07, 6.45) is 1.31. The highest BCUT2D eigenvalue weighted by Gasteiger charge is 2.32. The molecule has 140 valence electrons. The molecule has 2 heterocycles. The van der Waals surface area contributed by atoms with Crippen molar-refractivity contribution in [2.24, 2.45) is 5.92 Å². The first-order valence-electron chi connectivity index (χ1n) is 8.64. The van der Waals surface area contributed by atoms with Crippen LogP contribution in [0.2, 0.25) is 5.02 Å². The van der Waals surface area contributed by atoms with Gasteiger partial charge in [0.15, 0.2) is 0 Å². The van der Waals surface area contributed by atoms with Crippen molar-refractivity contribution in [3.63, 3.8) is 0 Å². The van der Waals surface area contributed by atoms with E-state index in [0.29, 0.717) is 24.5 Å². The molecule has 1 aromatic carbocycles. The van der Waals surface area contributed by atoms with Gasteiger partial charge in [-0.3, -0.25) is 9.69 Å². The highest BCUT2D eigenvalue weighted by Crippen LogP contribution is 2.41. The number of rotatable bonds is 6. The lowest BCUT2D eigenvalue weighted by atomic mass is 9.93. The Morgan fingerprint density at radius 3 is 2.69 bits per heavy atom. The molecule has 1 aromatic heterocycles. The van der Waals surface area contributed by atoms with Gasteiger partial charge in [0.05, 0.1) is 22.4 Å². The highest BCUT2D eigenvalue weighted by molar-refractivity contribution is 9.11. The molecule has 1 N–H and O–H groups in total. The molecule has 1 unspecified atom stereocenters. The first-order valence-corrected chi connectivity index (χ1v) is 10.6. The topological polar surface area (TPSA) is 49.8 Å². The van der Waals surface area contributed by atoms with Gasteiger partial charge in [-0.25, -0.2) is 0 Å². The Morgan fingerprint density at radius 1 is 1.38 bits per heavy atom. The molecule has 4 nitrogen and oxygen atoms in total. The number of hydrogen-bond acceptors (Lipinski definition) is 4. The largest absolute Gasteiger partial charge is 0.494 e. The number of aliphatic carboxylic acids is 1. The Morgan fingerprint density at radius 2 is 2.12 bits per heavy atom. The van der Waals surface area contributed by atoms with E-state index < -0.39 is 5.97 Å². The number of carbonyl (C=O) groups is 1. The molecule has 3 rings (SSSR count). The average Bonchev–Trinajstić information content (AvgIpc) is 3.04. The summed E-state index contributed by atoms with van der Waals surface area (Å²) in [5.74, 6) is -0.127. The summed E-state index contributed by atoms with van der Waals surface area (Å²) in [6, 6.07) is 9.88. The summed E-state index contributed by atoms with van der Waals surface area (Å²) in [6.45, 7) is 4.01. The lowest BCUT2D eigenvalue weighted by molar-refractivity contribution is -0.143. The number of carboxylic acids is 1. The number of benzene rings is 1. The summed E-state index contributed by atoms with van der Waals surface area (Å²) >= 11 is 11.5. The van der Waals surface area contributed by atoms with Crippen LogP contribution in [0.1, 0.15) is 36.2 Å². The summed E-state index contributed by atoms with van der Waals surface area (Å²) < 4.78 is 6.93. The van der Waals surface area contributed by atoms with E-state index in [2.05, 4.69) is 26.9 Å². The van der Waals surface area contributed by atoms with Gasteiger partial charge in [0.2, 0.25) is 0 Å². The minimum Gasteiger partial charge on any atom is -0.494 e. The molecule has 1 atom stereocenters. The van der Waals surface area contributed by atoms with Crippen LogP contribution in [0, 0.1) is 5.92 Å². The Kier molecular flexibility index (Phi) is 6.61. The van der Waals surface area contributed by atoms with Gasteiger partial charge in [-0.2, -0.15) is 0 Å². The van der Waals surface area contributed by atoms with Crippen LogP contribution in [-0.2, 0) is 4.79 Å². The van der Waals surface area contributed by atoms with Crippen molar-refractivity contribution < 1.29 is 14.6 Å². The molecule has 1 fully saturated rings. The van der Waals surface area contributed by atoms with Gasteiger partial charge in [0, 0.05) is 15.5 Å². The lowest BCUT2D eigenvalue weighted by Gasteiger charge is -2.37. The van der Waals surface area contributed by atoms with Gasteiger partial charge >= 0.3 is 5.97 Å². The quantitative estimate of drug-likeness (QED) is 0.625. The highest BCUT2D eigenvalue weighted by atomic mass is 79.9. The summed E-state index contributed by atoms with van der Waals surface area (Å²) in [7, 11) is 0. The predicted octanol–water partition coefficient (Wildman–Crippen LogP) is 5.45. The standard InChI is InChI=1S/C19H21BrClNO3S/c1-2-25-15-4-3-13(21)11-14(15)18(16-5-6-17(20)26-16)22-9-7-12(8-10-22)19(23)24/h3-6,11-12,18H,2,7-10H2,1H3,(H,23,24). The zero-order chi connectivity index (χ0) is 18.7. The smallest absolute Gasteiger partial charge is 0.306 e. The van der Waals surface area contributed by atoms with Crippen molar-refractivity contribution in [1.82, 2.24) is 4.90 Å². The predicted molar refractivity (Wildman–Crippen MR) is 108 cm³/mol. The van der Waals surface area contributed by atoms with E-state index in [1.165, 1.54) is 4.88 Å². The maximum Gasteiger partial charge on any atom is 0.306 e. The van der Waals surface area contributed by atoms with Crippen LogP contribution in [-0.4, -0.2) is 35.7 Å². The van der Waals surface area contributed by atoms with Crippen LogP contribution in [0.5, 0.6) is 5.75 Å². The molecule has 0 aliphatic carbocycles. The third-order valence-electron chi connectivity index (χ3n) is 4.67. The Labute approximate surface area is 170 Å². The maximum atomic E-state index is 11.3. The molecule has 1 aliphatic rings. The van der Waals surface area contributed by atoms with Crippen LogP contribution < -0.4 is 4.74 Å². The molecule has 0 spiro atoms. The molecular formula is C19H21BrClNO3S. The van der Waals surface area contributed by atoms with Gasteiger partial charge in [0.25, 0.3) is 0 Å². The van der Waals surface area contributed by atoms with E-state index in [1.807, 2.05) is 31.2 Å². The maximum absolute atomic E-state index is 11.3. The van der Waals surface area contributed by atoms with Crippen LogP contribution in [0.4, 0.5) is 0 Å². The fourth-order valence-corrected chi connectivity index (χ4v) is 5.19. The first kappa shape index (κ1) is 19.7. The van der Waals surface area contributed by atoms with Crippen molar-refractivity contribution in [3.8, 4) is 5.75 Å². The van der Waals surface area contributed by atoms with Crippen LogP contribution in [0.15, 0.2) is 34.1 Å². The van der Waals surface area contributed by atoms with Crippen LogP contribution >= 0.6 is 38.9 Å². The average molecular weight is 459 g/mol. The number of nitrogens with zero attached hydrogens (tertiary/aromatic N) is 1. The molecule has 0 saturated carbocycles. The van der Waals surface area contributed by atoms with E-state index >= 15 is 0 Å². The minimum atomic E-state index is -0.696. The van der Waals surface area contributed by atoms with Crippen molar-refractivity contribution in [2.45, 2.75) is 25.8 Å². The molecule has 1 aliphatic heterocycles. The number of hydrogen-bond donors (Lipinski definition) is 1. The van der Waals surface area contributed by atoms with Crippen LogP contribution in [0.3, 0.4) is 0 Å². The molecule has 7 heteroatoms. The van der Waals surface area contributed by atoms with Crippen molar-refractivity contribution >= 4 is 44.8 Å². The molecule has 0 amide bonds. The summed E-state index contributed by atoms with van der Waals surface area (Å²) in [5.41, 5.74) is 1.03. The van der Waals surface area contributed by atoms with Gasteiger partial charge in [-0.05, 0) is 79.1 Å². The molecule has 1 saturated heterocycles. The van der Waals surface area contributed by atoms with Gasteiger partial charge < -0.3 is 9.84 Å². The van der Waals surface area contributed by atoms with E-state index in [-0.39, 0.29) is 12.0 Å². The Balaban J connectivity index is 1.98. The SMILES string of the molecule is CCOc1ccc(Cl)cc1C(c1ccc(Br)s1)N1CCC(C(=O)O)CC1. The molecular weight excluding hydrogens is 438 g/mol. The second kappa shape index (κ2) is 8.74. The Bertz CT molecular complexity index is 774. The van der Waals surface area contributed by atoms with E-state index in [0.717, 1.165) is 28.2 Å². The van der Waals surface area contributed by atoms with Crippen molar-refractivity contribution in [2.75, 3.05) is 19.7 Å². The fraction of sp³-hybridized carbons (Fsp3) is 0.421. The number of thiophene rings is 1. The molecule has 0 bridgehead atoms. The van der Waals surface area contributed by atoms with Crippen molar-refractivity contribution in [3.05, 3.63) is 49.6 Å². The molecule has 2 aromatic rings. The summed E-state index contributed by atoms with van der Waals surface area (Å²) in [4.78, 5) is 14.8. The number of likely N-dealkylation sites (tertiary alicyclic amines) is 1. The lowest BCUT2D eigenvalue weighted by Crippen LogP contribution is -2.39. The normalized spacial score (nSPS) is 17.2. The third-order valence-corrected chi connectivity index (χ3v) is 6.58. The van der Waals surface area contributed by atoms with Crippen molar-refractivity contribution in [1.29, 1.82) is 0 Å². The van der Waals surface area contributed by atoms with E-state index in [4.69, 9.17) is 16.3 Å². The van der Waals surface area contributed by atoms with Gasteiger partial charge in [-0.1, -0.05) is 11.6 Å². The second-order valence-corrected chi connectivity index (χ2v) is 9.24. The molecule has 26 heavy (non-hydrogen) atoms. The van der Waals surface area contributed by atoms with Gasteiger partial charge in [-0.15, -0.1) is 11.3 Å². The van der Waals surface area contributed by atoms with Gasteiger partial charge in [0.1, 0.15) is 5.75 Å². The molecule has 0 radical (unpaired) electrons. The number of carboxylic acid groups (broad SMARTS) is 1. The number of ether oxygens (including phenoxy) is 1. The third kappa shape index (κ3) is 4.42. The first-order chi connectivity index (χ1) is 12.5. The van der Waals surface area contributed by atoms with Crippen LogP contribution in [0.25, 0.3) is 0 Å². The minimum absolute atomic E-state index is 0.00120. The summed E-state index contributed by atoms with van der Waals surface area (Å²) in [5, 5.41) is 9.96. The second-order valence-electron chi connectivity index (χ2n) is 6.31. The zero-order valence-corrected chi connectivity index (χ0v) is 17.6.